The van der Waals surface area contributed by atoms with Gasteiger partial charge in [0.1, 0.15) is 5.82 Å². The van der Waals surface area contributed by atoms with E-state index in [0.29, 0.717) is 29.1 Å². The second-order valence-corrected chi connectivity index (χ2v) is 5.69. The molecule has 0 spiro atoms. The first kappa shape index (κ1) is 14.7. The summed E-state index contributed by atoms with van der Waals surface area (Å²) in [5.74, 6) is 0.183. The van der Waals surface area contributed by atoms with Gasteiger partial charge in [-0.2, -0.15) is 5.10 Å². The summed E-state index contributed by atoms with van der Waals surface area (Å²) in [6.45, 7) is 1.95. The summed E-state index contributed by atoms with van der Waals surface area (Å²) in [6, 6.07) is 7.47. The second-order valence-electron chi connectivity index (χ2n) is 5.30. The molecule has 0 amide bonds. The number of benzene rings is 1. The van der Waals surface area contributed by atoms with Crippen molar-refractivity contribution in [2.24, 2.45) is 0 Å². The number of hydrogen-bond donors (Lipinski definition) is 1. The number of nitrogens with one attached hydrogen (secondary N) is 1. The zero-order valence-electron chi connectivity index (χ0n) is 12.7. The summed E-state index contributed by atoms with van der Waals surface area (Å²) in [5.41, 5.74) is 1.11. The largest absolute Gasteiger partial charge is 0.331 e. The van der Waals surface area contributed by atoms with Gasteiger partial charge >= 0.3 is 0 Å². The van der Waals surface area contributed by atoms with Crippen LogP contribution in [0.25, 0.3) is 22.2 Å². The van der Waals surface area contributed by atoms with Crippen LogP contribution in [0.5, 0.6) is 0 Å². The Morgan fingerprint density at radius 3 is 2.96 bits per heavy atom. The van der Waals surface area contributed by atoms with Gasteiger partial charge in [0.25, 0.3) is 5.56 Å². The highest BCUT2D eigenvalue weighted by atomic mass is 32.1. The molecule has 4 rings (SSSR count). The van der Waals surface area contributed by atoms with E-state index in [9.17, 15) is 9.18 Å². The Morgan fingerprint density at radius 1 is 1.33 bits per heavy atom. The van der Waals surface area contributed by atoms with E-state index in [1.807, 2.05) is 6.92 Å². The van der Waals surface area contributed by atoms with Crippen LogP contribution in [0.15, 0.2) is 41.3 Å². The average Bonchev–Trinajstić information content (AvgIpc) is 3.00. The van der Waals surface area contributed by atoms with Gasteiger partial charge in [0.2, 0.25) is 0 Å². The highest BCUT2D eigenvalue weighted by molar-refractivity contribution is 7.71. The highest BCUT2D eigenvalue weighted by Crippen LogP contribution is 2.16. The van der Waals surface area contributed by atoms with E-state index in [4.69, 9.17) is 12.2 Å². The van der Waals surface area contributed by atoms with Crippen molar-refractivity contribution in [3.8, 4) is 5.69 Å². The predicted molar refractivity (Wildman–Crippen MR) is 90.6 cm³/mol. The summed E-state index contributed by atoms with van der Waals surface area (Å²) in [4.78, 5) is 20.3. The van der Waals surface area contributed by atoms with E-state index in [1.165, 1.54) is 22.8 Å². The Bertz CT molecular complexity index is 1210. The van der Waals surface area contributed by atoms with Gasteiger partial charge in [-0.25, -0.2) is 18.5 Å². The normalized spacial score (nSPS) is 11.4. The van der Waals surface area contributed by atoms with E-state index in [-0.39, 0.29) is 10.2 Å². The molecule has 0 unspecified atom stereocenters. The lowest BCUT2D eigenvalue weighted by Gasteiger charge is -2.08. The number of aromatic amines is 1. The fourth-order valence-electron chi connectivity index (χ4n) is 2.67. The minimum Gasteiger partial charge on any atom is -0.331 e. The number of rotatable bonds is 2. The molecular weight excluding hydrogens is 329 g/mol. The van der Waals surface area contributed by atoms with Crippen molar-refractivity contribution in [1.82, 2.24) is 24.1 Å². The molecule has 3 aromatic heterocycles. The molecule has 0 aliphatic rings. The Labute approximate surface area is 140 Å². The first-order valence-corrected chi connectivity index (χ1v) is 7.78. The Hall–Kier alpha value is -2.87. The molecule has 0 radical (unpaired) electrons. The molecule has 3 heterocycles. The first-order valence-electron chi connectivity index (χ1n) is 7.37. The van der Waals surface area contributed by atoms with Crippen molar-refractivity contribution < 1.29 is 4.39 Å². The number of pyridine rings is 1. The SMILES string of the molecule is CCc1nc2c(-n3c(=S)[nH]c4ccc(F)cc4c3=O)cccn2n1. The monoisotopic (exact) mass is 341 g/mol. The van der Waals surface area contributed by atoms with Gasteiger partial charge in [-0.05, 0) is 42.5 Å². The van der Waals surface area contributed by atoms with Crippen LogP contribution in [0.2, 0.25) is 0 Å². The van der Waals surface area contributed by atoms with Crippen molar-refractivity contribution in [2.45, 2.75) is 13.3 Å². The highest BCUT2D eigenvalue weighted by Gasteiger charge is 2.13. The Kier molecular flexibility index (Phi) is 3.27. The number of H-pyrrole nitrogens is 1. The number of aromatic nitrogens is 5. The predicted octanol–water partition coefficient (Wildman–Crippen LogP) is 2.79. The van der Waals surface area contributed by atoms with Crippen LogP contribution in [0.3, 0.4) is 0 Å². The van der Waals surface area contributed by atoms with E-state index in [0.717, 1.165) is 0 Å². The van der Waals surface area contributed by atoms with E-state index >= 15 is 0 Å². The standard InChI is InChI=1S/C16H12FN5OS/c1-2-13-19-14-12(4-3-7-21(14)20-13)22-15(23)10-8-9(17)5-6-11(10)18-16(22)24/h3-8H,2H2,1H3,(H,18,24). The molecule has 0 saturated heterocycles. The summed E-state index contributed by atoms with van der Waals surface area (Å²) < 4.78 is 16.7. The fourth-order valence-corrected chi connectivity index (χ4v) is 2.96. The molecule has 24 heavy (non-hydrogen) atoms. The first-order chi connectivity index (χ1) is 11.6. The molecule has 1 aromatic carbocycles. The zero-order chi connectivity index (χ0) is 16.8. The summed E-state index contributed by atoms with van der Waals surface area (Å²) >= 11 is 5.34. The minimum absolute atomic E-state index is 0.216. The molecule has 0 atom stereocenters. The van der Waals surface area contributed by atoms with Gasteiger partial charge < -0.3 is 4.98 Å². The molecule has 8 heteroatoms. The lowest BCUT2D eigenvalue weighted by Crippen LogP contribution is -2.21. The lowest BCUT2D eigenvalue weighted by atomic mass is 10.2. The van der Waals surface area contributed by atoms with Crippen molar-refractivity contribution >= 4 is 28.8 Å². The smallest absolute Gasteiger partial charge is 0.266 e. The minimum atomic E-state index is -0.481. The van der Waals surface area contributed by atoms with Crippen molar-refractivity contribution in [1.29, 1.82) is 0 Å². The van der Waals surface area contributed by atoms with Gasteiger partial charge in [0, 0.05) is 12.6 Å². The van der Waals surface area contributed by atoms with Gasteiger partial charge in [-0.1, -0.05) is 6.92 Å². The van der Waals surface area contributed by atoms with Gasteiger partial charge in [-0.15, -0.1) is 0 Å². The molecule has 0 bridgehead atoms. The molecule has 4 aromatic rings. The van der Waals surface area contributed by atoms with Crippen molar-refractivity contribution in [3.63, 3.8) is 0 Å². The third-order valence-electron chi connectivity index (χ3n) is 3.80. The van der Waals surface area contributed by atoms with Crippen LogP contribution in [0.4, 0.5) is 4.39 Å². The maximum atomic E-state index is 13.5. The molecular formula is C16H12FN5OS. The van der Waals surface area contributed by atoms with Gasteiger partial charge in [0.15, 0.2) is 16.2 Å². The number of halogens is 1. The number of aryl methyl sites for hydroxylation is 1. The molecule has 0 aliphatic carbocycles. The molecule has 0 fully saturated rings. The van der Waals surface area contributed by atoms with E-state index in [1.54, 1.807) is 22.8 Å². The fraction of sp³-hybridized carbons (Fsp3) is 0.125. The summed E-state index contributed by atoms with van der Waals surface area (Å²) in [5, 5.41) is 4.56. The molecule has 120 valence electrons. The van der Waals surface area contributed by atoms with Crippen LogP contribution in [-0.2, 0) is 6.42 Å². The average molecular weight is 341 g/mol. The lowest BCUT2D eigenvalue weighted by molar-refractivity contribution is 0.629. The Balaban J connectivity index is 2.12. The molecule has 0 saturated carbocycles. The van der Waals surface area contributed by atoms with Crippen molar-refractivity contribution in [2.75, 3.05) is 0 Å². The van der Waals surface area contributed by atoms with E-state index < -0.39 is 11.4 Å². The Morgan fingerprint density at radius 2 is 2.17 bits per heavy atom. The molecule has 1 N–H and O–H groups in total. The van der Waals surface area contributed by atoms with E-state index in [2.05, 4.69) is 15.1 Å². The number of nitrogens with zero attached hydrogens (tertiary/aromatic N) is 4. The van der Waals surface area contributed by atoms with Crippen molar-refractivity contribution in [3.05, 3.63) is 63.3 Å². The second kappa shape index (κ2) is 5.34. The topological polar surface area (TPSA) is 68.0 Å². The van der Waals surface area contributed by atoms with Crippen LogP contribution < -0.4 is 5.56 Å². The van der Waals surface area contributed by atoms with Crippen LogP contribution in [-0.4, -0.2) is 24.1 Å². The number of fused-ring (bicyclic) bond motifs is 2. The summed E-state index contributed by atoms with van der Waals surface area (Å²) in [7, 11) is 0. The van der Waals surface area contributed by atoms with Gasteiger partial charge in [0.05, 0.1) is 16.6 Å². The van der Waals surface area contributed by atoms with Crippen LogP contribution >= 0.6 is 12.2 Å². The third kappa shape index (κ3) is 2.15. The maximum Gasteiger partial charge on any atom is 0.266 e. The maximum absolute atomic E-state index is 13.5. The molecule has 0 aliphatic heterocycles. The third-order valence-corrected chi connectivity index (χ3v) is 4.09. The van der Waals surface area contributed by atoms with Crippen LogP contribution in [0, 0.1) is 10.6 Å². The van der Waals surface area contributed by atoms with Crippen LogP contribution in [0.1, 0.15) is 12.7 Å². The quantitative estimate of drug-likeness (QED) is 0.569. The molecule has 6 nitrogen and oxygen atoms in total. The number of hydrogen-bond acceptors (Lipinski definition) is 4. The van der Waals surface area contributed by atoms with Gasteiger partial charge in [-0.3, -0.25) is 4.79 Å². The zero-order valence-corrected chi connectivity index (χ0v) is 13.5. The summed E-state index contributed by atoms with van der Waals surface area (Å²) in [6.07, 6.45) is 2.43.